The molecule has 0 atom stereocenters. The predicted octanol–water partition coefficient (Wildman–Crippen LogP) is 5.61. The molecule has 0 amide bonds. The van der Waals surface area contributed by atoms with Crippen molar-refractivity contribution in [3.05, 3.63) is 94.5 Å². The van der Waals surface area contributed by atoms with Gasteiger partial charge < -0.3 is 14.8 Å². The SMILES string of the molecule is CCOc1cc(CNCc2ccccc2)ccc1OCc1ccc(Cl)cc1. The van der Waals surface area contributed by atoms with E-state index in [1.54, 1.807) is 0 Å². The van der Waals surface area contributed by atoms with Crippen molar-refractivity contribution in [2.24, 2.45) is 0 Å². The number of rotatable bonds is 9. The van der Waals surface area contributed by atoms with Gasteiger partial charge in [-0.3, -0.25) is 0 Å². The third kappa shape index (κ3) is 6.02. The second-order valence-corrected chi connectivity index (χ2v) is 6.65. The fraction of sp³-hybridized carbons (Fsp3) is 0.217. The van der Waals surface area contributed by atoms with Crippen molar-refractivity contribution in [1.82, 2.24) is 5.32 Å². The van der Waals surface area contributed by atoms with E-state index >= 15 is 0 Å². The highest BCUT2D eigenvalue weighted by Gasteiger charge is 2.07. The normalized spacial score (nSPS) is 10.6. The standard InChI is InChI=1S/C23H24ClNO2/c1-2-26-23-14-20(16-25-15-18-6-4-3-5-7-18)10-13-22(23)27-17-19-8-11-21(24)12-9-19/h3-14,25H,2,15-17H2,1H3. The van der Waals surface area contributed by atoms with Gasteiger partial charge in [0.15, 0.2) is 11.5 Å². The van der Waals surface area contributed by atoms with E-state index in [2.05, 4.69) is 35.6 Å². The Hall–Kier alpha value is -2.49. The third-order valence-corrected chi connectivity index (χ3v) is 4.37. The summed E-state index contributed by atoms with van der Waals surface area (Å²) in [4.78, 5) is 0. The summed E-state index contributed by atoms with van der Waals surface area (Å²) >= 11 is 5.93. The molecule has 1 N–H and O–H groups in total. The van der Waals surface area contributed by atoms with Gasteiger partial charge in [-0.1, -0.05) is 60.1 Å². The maximum atomic E-state index is 5.96. The first-order valence-corrected chi connectivity index (χ1v) is 9.50. The molecule has 0 aliphatic heterocycles. The fourth-order valence-electron chi connectivity index (χ4n) is 2.74. The van der Waals surface area contributed by atoms with Crippen LogP contribution < -0.4 is 14.8 Å². The first-order valence-electron chi connectivity index (χ1n) is 9.12. The van der Waals surface area contributed by atoms with Gasteiger partial charge in [0.25, 0.3) is 0 Å². The fourth-order valence-corrected chi connectivity index (χ4v) is 2.86. The van der Waals surface area contributed by atoms with E-state index < -0.39 is 0 Å². The monoisotopic (exact) mass is 381 g/mol. The van der Waals surface area contributed by atoms with Crippen molar-refractivity contribution in [1.29, 1.82) is 0 Å². The molecule has 0 fully saturated rings. The van der Waals surface area contributed by atoms with Crippen LogP contribution in [0.2, 0.25) is 5.02 Å². The van der Waals surface area contributed by atoms with E-state index in [-0.39, 0.29) is 0 Å². The van der Waals surface area contributed by atoms with Crippen molar-refractivity contribution in [2.75, 3.05) is 6.61 Å². The Balaban J connectivity index is 1.60. The number of hydrogen-bond acceptors (Lipinski definition) is 3. The molecule has 0 bridgehead atoms. The van der Waals surface area contributed by atoms with E-state index in [0.717, 1.165) is 40.7 Å². The summed E-state index contributed by atoms with van der Waals surface area (Å²) in [7, 11) is 0. The number of benzene rings is 3. The summed E-state index contributed by atoms with van der Waals surface area (Å²) in [5, 5.41) is 4.18. The van der Waals surface area contributed by atoms with Crippen LogP contribution in [0.5, 0.6) is 11.5 Å². The van der Waals surface area contributed by atoms with Gasteiger partial charge in [0, 0.05) is 18.1 Å². The summed E-state index contributed by atoms with van der Waals surface area (Å²) in [5.41, 5.74) is 3.49. The lowest BCUT2D eigenvalue weighted by Crippen LogP contribution is -2.12. The summed E-state index contributed by atoms with van der Waals surface area (Å²) in [6.07, 6.45) is 0. The summed E-state index contributed by atoms with van der Waals surface area (Å²) in [6, 6.07) is 24.1. The van der Waals surface area contributed by atoms with Gasteiger partial charge in [0.05, 0.1) is 6.61 Å². The predicted molar refractivity (Wildman–Crippen MR) is 110 cm³/mol. The zero-order chi connectivity index (χ0) is 18.9. The van der Waals surface area contributed by atoms with Crippen molar-refractivity contribution >= 4 is 11.6 Å². The Labute approximate surface area is 165 Å². The molecule has 0 aromatic heterocycles. The van der Waals surface area contributed by atoms with Gasteiger partial charge in [-0.05, 0) is 47.9 Å². The lowest BCUT2D eigenvalue weighted by Gasteiger charge is -2.14. The van der Waals surface area contributed by atoms with E-state index in [9.17, 15) is 0 Å². The van der Waals surface area contributed by atoms with Crippen LogP contribution in [0.1, 0.15) is 23.6 Å². The van der Waals surface area contributed by atoms with Crippen LogP contribution in [0.4, 0.5) is 0 Å². The second kappa shape index (κ2) is 10.0. The molecule has 3 nitrogen and oxygen atoms in total. The molecule has 0 aliphatic carbocycles. The highest BCUT2D eigenvalue weighted by atomic mass is 35.5. The largest absolute Gasteiger partial charge is 0.490 e. The second-order valence-electron chi connectivity index (χ2n) is 6.22. The highest BCUT2D eigenvalue weighted by molar-refractivity contribution is 6.30. The topological polar surface area (TPSA) is 30.5 Å². The van der Waals surface area contributed by atoms with Crippen LogP contribution >= 0.6 is 11.6 Å². The number of ether oxygens (including phenoxy) is 2. The number of halogens is 1. The Bertz CT molecular complexity index is 835. The molecule has 0 aliphatic rings. The van der Waals surface area contributed by atoms with Crippen molar-refractivity contribution < 1.29 is 9.47 Å². The molecule has 3 aromatic rings. The van der Waals surface area contributed by atoms with Crippen LogP contribution in [0.25, 0.3) is 0 Å². The Kier molecular flexibility index (Phi) is 7.14. The van der Waals surface area contributed by atoms with Crippen LogP contribution in [-0.4, -0.2) is 6.61 Å². The van der Waals surface area contributed by atoms with Crippen LogP contribution in [0, 0.1) is 0 Å². The Morgan fingerprint density at radius 2 is 1.44 bits per heavy atom. The van der Waals surface area contributed by atoms with Crippen LogP contribution in [0.15, 0.2) is 72.8 Å². The highest BCUT2D eigenvalue weighted by Crippen LogP contribution is 2.29. The average Bonchev–Trinajstić information content (AvgIpc) is 2.70. The molecule has 0 saturated heterocycles. The zero-order valence-electron chi connectivity index (χ0n) is 15.5. The first-order chi connectivity index (χ1) is 13.2. The van der Waals surface area contributed by atoms with Gasteiger partial charge in [-0.25, -0.2) is 0 Å². The molecule has 3 rings (SSSR count). The van der Waals surface area contributed by atoms with E-state index in [4.69, 9.17) is 21.1 Å². The molecule has 27 heavy (non-hydrogen) atoms. The molecule has 140 valence electrons. The number of nitrogens with one attached hydrogen (secondary N) is 1. The zero-order valence-corrected chi connectivity index (χ0v) is 16.2. The molecule has 4 heteroatoms. The minimum atomic E-state index is 0.475. The minimum absolute atomic E-state index is 0.475. The first kappa shape index (κ1) is 19.3. The maximum Gasteiger partial charge on any atom is 0.161 e. The van der Waals surface area contributed by atoms with Crippen LogP contribution in [0.3, 0.4) is 0 Å². The molecule has 0 unspecified atom stereocenters. The molecule has 0 saturated carbocycles. The molecule has 0 radical (unpaired) electrons. The summed E-state index contributed by atoms with van der Waals surface area (Å²) < 4.78 is 11.7. The van der Waals surface area contributed by atoms with Gasteiger partial charge in [0.2, 0.25) is 0 Å². The minimum Gasteiger partial charge on any atom is -0.490 e. The van der Waals surface area contributed by atoms with Crippen molar-refractivity contribution in [2.45, 2.75) is 26.6 Å². The summed E-state index contributed by atoms with van der Waals surface area (Å²) in [6.45, 7) is 4.65. The Morgan fingerprint density at radius 1 is 0.741 bits per heavy atom. The molecule has 3 aromatic carbocycles. The van der Waals surface area contributed by atoms with Gasteiger partial charge >= 0.3 is 0 Å². The molecular formula is C23H24ClNO2. The van der Waals surface area contributed by atoms with Gasteiger partial charge in [0.1, 0.15) is 6.61 Å². The van der Waals surface area contributed by atoms with Gasteiger partial charge in [-0.2, -0.15) is 0 Å². The molecule has 0 spiro atoms. The average molecular weight is 382 g/mol. The van der Waals surface area contributed by atoms with Crippen molar-refractivity contribution in [3.8, 4) is 11.5 Å². The van der Waals surface area contributed by atoms with E-state index in [1.807, 2.05) is 49.4 Å². The van der Waals surface area contributed by atoms with Gasteiger partial charge in [-0.15, -0.1) is 0 Å². The smallest absolute Gasteiger partial charge is 0.161 e. The number of hydrogen-bond donors (Lipinski definition) is 1. The van der Waals surface area contributed by atoms with E-state index in [0.29, 0.717) is 13.2 Å². The molecule has 0 heterocycles. The summed E-state index contributed by atoms with van der Waals surface area (Å²) in [5.74, 6) is 1.52. The lowest BCUT2D eigenvalue weighted by atomic mass is 10.2. The van der Waals surface area contributed by atoms with Crippen molar-refractivity contribution in [3.63, 3.8) is 0 Å². The maximum absolute atomic E-state index is 5.96. The Morgan fingerprint density at radius 3 is 2.19 bits per heavy atom. The molecular weight excluding hydrogens is 358 g/mol. The van der Waals surface area contributed by atoms with Crippen LogP contribution in [-0.2, 0) is 19.7 Å². The third-order valence-electron chi connectivity index (χ3n) is 4.12. The quantitative estimate of drug-likeness (QED) is 0.522. The van der Waals surface area contributed by atoms with E-state index in [1.165, 1.54) is 5.56 Å². The lowest BCUT2D eigenvalue weighted by molar-refractivity contribution is 0.269.